The maximum absolute atomic E-state index is 6.48. The fourth-order valence-electron chi connectivity index (χ4n) is 23.6. The first-order chi connectivity index (χ1) is 72.9. The van der Waals surface area contributed by atoms with Gasteiger partial charge in [0.15, 0.2) is 0 Å². The van der Waals surface area contributed by atoms with Gasteiger partial charge in [0.1, 0.15) is 33.5 Å². The summed E-state index contributed by atoms with van der Waals surface area (Å²) in [5, 5.41) is 31.2. The van der Waals surface area contributed by atoms with Gasteiger partial charge < -0.3 is 17.8 Å². The number of rotatable bonds is 7. The highest BCUT2D eigenvalue weighted by atomic mass is 32.1. The van der Waals surface area contributed by atoms with E-state index in [4.69, 9.17) is 43.2 Å². The third-order valence-electron chi connectivity index (χ3n) is 30.1. The van der Waals surface area contributed by atoms with E-state index in [0.717, 1.165) is 187 Å². The van der Waals surface area contributed by atoms with Crippen molar-refractivity contribution in [1.29, 1.82) is 0 Å². The number of hydrogen-bond donors (Lipinski definition) is 0. The van der Waals surface area contributed by atoms with Gasteiger partial charge in [0.05, 0.1) is 82.5 Å². The Labute approximate surface area is 842 Å². The van der Waals surface area contributed by atoms with Crippen LogP contribution < -0.4 is 0 Å². The van der Waals surface area contributed by atoms with Gasteiger partial charge in [0, 0.05) is 166 Å². The number of benzene rings is 22. The highest BCUT2D eigenvalue weighted by Crippen LogP contribution is 2.51. The third kappa shape index (κ3) is 12.2. The van der Waals surface area contributed by atoms with E-state index in [1.807, 2.05) is 28.7 Å². The molecule has 34 aromatic rings. The van der Waals surface area contributed by atoms with Crippen molar-refractivity contribution in [1.82, 2.24) is 48.2 Å². The van der Waals surface area contributed by atoms with E-state index in [1.165, 1.54) is 111 Å². The normalized spacial score (nSPS) is 12.2. The molecule has 0 fully saturated rings. The van der Waals surface area contributed by atoms with Crippen molar-refractivity contribution in [2.45, 2.75) is 0 Å². The number of fused-ring (bicyclic) bond motifs is 39. The molecule has 12 heterocycles. The molecule has 0 saturated carbocycles. The van der Waals surface area contributed by atoms with E-state index < -0.39 is 0 Å². The monoisotopic (exact) mass is 1910 g/mol. The van der Waals surface area contributed by atoms with Gasteiger partial charge in [-0.2, -0.15) is 0 Å². The smallest absolute Gasteiger partial charge is 0.235 e. The van der Waals surface area contributed by atoms with Gasteiger partial charge in [-0.3, -0.25) is 13.7 Å². The van der Waals surface area contributed by atoms with Crippen molar-refractivity contribution in [2.75, 3.05) is 0 Å². The van der Waals surface area contributed by atoms with Gasteiger partial charge in [-0.15, -0.1) is 22.7 Å². The summed E-state index contributed by atoms with van der Waals surface area (Å²) in [6.07, 6.45) is 0. The molecule has 0 saturated heterocycles. The Hall–Kier alpha value is -19.3. The second kappa shape index (κ2) is 31.6. The Morgan fingerprint density at radius 3 is 0.980 bits per heavy atom. The highest BCUT2D eigenvalue weighted by Gasteiger charge is 2.29. The predicted molar refractivity (Wildman–Crippen MR) is 612 cm³/mol. The van der Waals surface area contributed by atoms with Crippen molar-refractivity contribution in [3.8, 4) is 57.3 Å². The molecule has 0 aliphatic heterocycles. The first kappa shape index (κ1) is 81.4. The van der Waals surface area contributed by atoms with Crippen LogP contribution in [0.5, 0.6) is 0 Å². The van der Waals surface area contributed by atoms with Crippen LogP contribution in [-0.4, -0.2) is 48.2 Å². The first-order valence-corrected chi connectivity index (χ1v) is 51.1. The van der Waals surface area contributed by atoms with Crippen LogP contribution in [0, 0.1) is 0 Å². The van der Waals surface area contributed by atoms with Crippen LogP contribution in [0.3, 0.4) is 0 Å². The van der Waals surface area contributed by atoms with Crippen LogP contribution in [0.4, 0.5) is 0 Å². The van der Waals surface area contributed by atoms with E-state index in [9.17, 15) is 0 Å². The zero-order chi connectivity index (χ0) is 95.9. The molecule has 0 bridgehead atoms. The molecule has 34 rings (SSSR count). The first-order valence-electron chi connectivity index (χ1n) is 49.4. The topological polar surface area (TPSA) is 136 Å². The number of para-hydroxylation sites is 8. The third-order valence-corrected chi connectivity index (χ3v) is 32.5. The van der Waals surface area contributed by atoms with E-state index >= 15 is 0 Å². The Morgan fingerprint density at radius 1 is 0.184 bits per heavy atom. The summed E-state index contributed by atoms with van der Waals surface area (Å²) in [5.74, 6) is 1.96. The summed E-state index contributed by atoms with van der Waals surface area (Å²) in [5.41, 5.74) is 23.9. The number of hydrogen-bond acceptors (Lipinski definition) is 11. The van der Waals surface area contributed by atoms with Crippen molar-refractivity contribution < 1.29 is 13.3 Å². The molecule has 0 atom stereocenters. The zero-order valence-corrected chi connectivity index (χ0v) is 79.9. The minimum absolute atomic E-state index is 0.638. The molecule has 12 aromatic heterocycles. The van der Waals surface area contributed by atoms with Crippen LogP contribution in [0.2, 0.25) is 0 Å². The van der Waals surface area contributed by atoms with Crippen molar-refractivity contribution >= 4 is 281 Å². The standard InChI is InChI=1S/C48H28N4O.2C42H23N3OS/c1-2-13-31(14-3-1)51-39-20-10-7-17-35(39)44-41(51)25-26-42-45(44)36-18-8-11-21-40(36)52(42)48-49-38-19-9-6-16-34(38)46(50-48)30-23-27-43-37(28-30)33-24-22-29-12-4-5-15-32(29)47(33)53-43;1-2-10-26-24(9-1)17-19-30-33-23-25(18-22-36(33)46-40(26)30)38-32-13-3-6-14-34(32)43-42(44-38)45-35-15-7-4-11-27(35)29-20-21-31-28-12-5-8-16-37(28)47-41(31)39(29)45;1-2-10-26-24(9-1)17-19-27-31-23-25(18-21-35(31)46-41(26)27)40-28-11-3-6-14-32(28)43-42(44-40)45-33-15-7-4-12-29(33)38-34(45)20-22-37-39(38)30-13-5-8-16-36(30)47-37/h1-28H;2*1-23H. The molecule has 0 spiro atoms. The average Bonchev–Trinajstić information content (AvgIpc) is 1.54. The van der Waals surface area contributed by atoms with Gasteiger partial charge in [-0.25, -0.2) is 29.9 Å². The highest BCUT2D eigenvalue weighted by molar-refractivity contribution is 7.27. The van der Waals surface area contributed by atoms with Gasteiger partial charge in [-0.05, 0) is 180 Å². The lowest BCUT2D eigenvalue weighted by atomic mass is 10.0. The predicted octanol–water partition coefficient (Wildman–Crippen LogP) is 36.2. The summed E-state index contributed by atoms with van der Waals surface area (Å²) in [4.78, 5) is 32.0. The minimum Gasteiger partial charge on any atom is -0.455 e. The van der Waals surface area contributed by atoms with Gasteiger partial charge in [0.2, 0.25) is 17.8 Å². The Bertz CT molecular complexity index is 11700. The number of aromatic nitrogens is 10. The molecular weight excluding hydrogens is 1840 g/mol. The lowest BCUT2D eigenvalue weighted by molar-refractivity contribution is 0.672. The van der Waals surface area contributed by atoms with Crippen molar-refractivity contribution in [2.24, 2.45) is 0 Å². The van der Waals surface area contributed by atoms with Crippen LogP contribution in [-0.2, 0) is 0 Å². The van der Waals surface area contributed by atoms with Crippen LogP contribution in [0.25, 0.3) is 316 Å². The van der Waals surface area contributed by atoms with Crippen molar-refractivity contribution in [3.05, 3.63) is 449 Å². The van der Waals surface area contributed by atoms with Crippen LogP contribution >= 0.6 is 22.7 Å². The molecule has 0 aliphatic carbocycles. The molecule has 0 amide bonds. The average molecular weight is 1910 g/mol. The summed E-state index contributed by atoms with van der Waals surface area (Å²) in [6.45, 7) is 0. The maximum atomic E-state index is 6.48. The van der Waals surface area contributed by atoms with E-state index in [-0.39, 0.29) is 0 Å². The summed E-state index contributed by atoms with van der Waals surface area (Å²) < 4.78 is 33.6. The summed E-state index contributed by atoms with van der Waals surface area (Å²) >= 11 is 3.68. The number of thiophene rings is 2. The fraction of sp³-hybridized carbons (Fsp3) is 0. The zero-order valence-electron chi connectivity index (χ0n) is 78.2. The number of furan rings is 3. The van der Waals surface area contributed by atoms with E-state index in [0.29, 0.717) is 17.8 Å². The summed E-state index contributed by atoms with van der Waals surface area (Å²) in [7, 11) is 0. The summed E-state index contributed by atoms with van der Waals surface area (Å²) in [6, 6.07) is 159. The number of nitrogens with zero attached hydrogens (tertiary/aromatic N) is 10. The molecular formula is C132H74N10O3S2. The maximum Gasteiger partial charge on any atom is 0.235 e. The lowest BCUT2D eigenvalue weighted by Crippen LogP contribution is -2.03. The van der Waals surface area contributed by atoms with Crippen molar-refractivity contribution in [3.63, 3.8) is 0 Å². The lowest BCUT2D eigenvalue weighted by Gasteiger charge is -2.12. The molecule has 682 valence electrons. The molecule has 0 radical (unpaired) electrons. The molecule has 15 heteroatoms. The molecule has 13 nitrogen and oxygen atoms in total. The molecule has 0 aliphatic rings. The second-order valence-electron chi connectivity index (χ2n) is 38.1. The van der Waals surface area contributed by atoms with Gasteiger partial charge >= 0.3 is 0 Å². The van der Waals surface area contributed by atoms with Gasteiger partial charge in [-0.1, -0.05) is 285 Å². The Balaban J connectivity index is 0.0000000982. The molecule has 22 aromatic carbocycles. The Kier molecular flexibility index (Phi) is 17.5. The minimum atomic E-state index is 0.638. The van der Waals surface area contributed by atoms with Crippen LogP contribution in [0.1, 0.15) is 0 Å². The van der Waals surface area contributed by atoms with E-state index in [2.05, 4.69) is 461 Å². The Morgan fingerprint density at radius 2 is 0.517 bits per heavy atom. The molecule has 0 N–H and O–H groups in total. The second-order valence-corrected chi connectivity index (χ2v) is 40.2. The van der Waals surface area contributed by atoms with Gasteiger partial charge in [0.25, 0.3) is 0 Å². The SMILES string of the molecule is c1ccc(-n2c3ccccc3c3c4c5ccccc5n(-c5nc(-c6ccc7oc8c9ccccc9ccc8c7c6)c6ccccc6n5)c4ccc32)cc1.c1ccc2c(c1)ccc1c3cc(-c4nc(-n5c6ccccc6c6c7c(ccc65)sc5ccccc57)nc5ccccc45)ccc3oc21.c1ccc2c(c1)ccc1c3cc(-c4nc(-n5c6ccccc6c6ccc7c8ccccc8sc7c65)nc5ccccc45)ccc3oc21. The van der Waals surface area contributed by atoms with Crippen LogP contribution in [0.15, 0.2) is 462 Å². The quantitative estimate of drug-likeness (QED) is 0.153. The fourth-order valence-corrected chi connectivity index (χ4v) is 26.0. The van der Waals surface area contributed by atoms with E-state index in [1.54, 1.807) is 0 Å². The molecule has 147 heavy (non-hydrogen) atoms. The largest absolute Gasteiger partial charge is 0.455 e. The molecule has 0 unspecified atom stereocenters.